The summed E-state index contributed by atoms with van der Waals surface area (Å²) in [5, 5.41) is 8.67. The van der Waals surface area contributed by atoms with E-state index in [2.05, 4.69) is 62.1 Å². The van der Waals surface area contributed by atoms with Crippen molar-refractivity contribution in [2.45, 2.75) is 30.4 Å². The molecule has 2 rings (SSSR count). The maximum atomic E-state index is 8.67. The van der Waals surface area contributed by atoms with Crippen LogP contribution >= 0.6 is 11.8 Å². The molecule has 0 radical (unpaired) electrons. The predicted octanol–water partition coefficient (Wildman–Crippen LogP) is 4.45. The van der Waals surface area contributed by atoms with Gasteiger partial charge in [-0.15, -0.1) is 11.8 Å². The minimum absolute atomic E-state index is 0.0933. The number of aliphatic hydroxyl groups is 1. The minimum Gasteiger partial charge on any atom is -0.384 e. The zero-order valence-electron chi connectivity index (χ0n) is 12.5. The van der Waals surface area contributed by atoms with Gasteiger partial charge in [0, 0.05) is 16.2 Å². The summed E-state index contributed by atoms with van der Waals surface area (Å²) in [5.74, 6) is 7.10. The highest BCUT2D eigenvalue weighted by Gasteiger charge is 2.00. The van der Waals surface area contributed by atoms with E-state index >= 15 is 0 Å². The zero-order valence-corrected chi connectivity index (χ0v) is 13.3. The van der Waals surface area contributed by atoms with Crippen LogP contribution in [0.3, 0.4) is 0 Å². The molecule has 0 aliphatic rings. The summed E-state index contributed by atoms with van der Waals surface area (Å²) in [5.41, 5.74) is 3.60. The number of hydrogen-bond donors (Lipinski definition) is 1. The molecular formula is C19H20OS. The maximum Gasteiger partial charge on any atom is 0.104 e. The molecule has 0 saturated carbocycles. The molecule has 0 atom stereocenters. The second kappa shape index (κ2) is 7.93. The van der Waals surface area contributed by atoms with Crippen LogP contribution in [-0.2, 0) is 5.75 Å². The van der Waals surface area contributed by atoms with Crippen molar-refractivity contribution in [2.75, 3.05) is 6.61 Å². The second-order valence-electron chi connectivity index (χ2n) is 5.17. The lowest BCUT2D eigenvalue weighted by atomic mass is 10.0. The van der Waals surface area contributed by atoms with Gasteiger partial charge in [0.1, 0.15) is 6.61 Å². The topological polar surface area (TPSA) is 20.2 Å². The Morgan fingerprint density at radius 1 is 1.00 bits per heavy atom. The Hall–Kier alpha value is -1.69. The number of rotatable bonds is 4. The Morgan fingerprint density at radius 2 is 1.67 bits per heavy atom. The van der Waals surface area contributed by atoms with Gasteiger partial charge in [0.2, 0.25) is 0 Å². The Kier molecular flexibility index (Phi) is 5.92. The SMILES string of the molecule is CC(C)c1ccc(SCc2ccc(C#CCO)cc2)cc1. The lowest BCUT2D eigenvalue weighted by molar-refractivity contribution is 0.350. The smallest absolute Gasteiger partial charge is 0.104 e. The third kappa shape index (κ3) is 4.97. The third-order valence-corrected chi connectivity index (χ3v) is 4.30. The predicted molar refractivity (Wildman–Crippen MR) is 90.5 cm³/mol. The van der Waals surface area contributed by atoms with Crippen LogP contribution in [0.25, 0.3) is 0 Å². The van der Waals surface area contributed by atoms with Crippen molar-refractivity contribution in [3.05, 3.63) is 65.2 Å². The van der Waals surface area contributed by atoms with Crippen LogP contribution in [0.4, 0.5) is 0 Å². The molecule has 0 bridgehead atoms. The van der Waals surface area contributed by atoms with Gasteiger partial charge in [-0.05, 0) is 41.3 Å². The fourth-order valence-corrected chi connectivity index (χ4v) is 2.80. The molecule has 0 aromatic heterocycles. The van der Waals surface area contributed by atoms with Crippen LogP contribution in [0.5, 0.6) is 0 Å². The molecule has 21 heavy (non-hydrogen) atoms. The molecule has 1 N–H and O–H groups in total. The Labute approximate surface area is 131 Å². The summed E-state index contributed by atoms with van der Waals surface area (Å²) >= 11 is 1.84. The summed E-state index contributed by atoms with van der Waals surface area (Å²) in [6, 6.07) is 17.0. The van der Waals surface area contributed by atoms with Gasteiger partial charge in [0.05, 0.1) is 0 Å². The average molecular weight is 296 g/mol. The van der Waals surface area contributed by atoms with E-state index in [9.17, 15) is 0 Å². The van der Waals surface area contributed by atoms with E-state index in [1.807, 2.05) is 23.9 Å². The van der Waals surface area contributed by atoms with E-state index < -0.39 is 0 Å². The molecule has 0 fully saturated rings. The molecule has 0 aliphatic heterocycles. The van der Waals surface area contributed by atoms with Gasteiger partial charge in [-0.2, -0.15) is 0 Å². The first-order valence-electron chi connectivity index (χ1n) is 7.10. The summed E-state index contributed by atoms with van der Waals surface area (Å²) in [7, 11) is 0. The lowest BCUT2D eigenvalue weighted by Gasteiger charge is -2.07. The first kappa shape index (κ1) is 15.7. The van der Waals surface area contributed by atoms with Crippen molar-refractivity contribution in [2.24, 2.45) is 0 Å². The largest absolute Gasteiger partial charge is 0.384 e. The van der Waals surface area contributed by atoms with Crippen molar-refractivity contribution in [1.29, 1.82) is 0 Å². The van der Waals surface area contributed by atoms with Crippen molar-refractivity contribution < 1.29 is 5.11 Å². The van der Waals surface area contributed by atoms with E-state index in [0.29, 0.717) is 5.92 Å². The van der Waals surface area contributed by atoms with Crippen molar-refractivity contribution >= 4 is 11.8 Å². The van der Waals surface area contributed by atoms with Gasteiger partial charge >= 0.3 is 0 Å². The fraction of sp³-hybridized carbons (Fsp3) is 0.263. The van der Waals surface area contributed by atoms with E-state index in [1.54, 1.807) is 0 Å². The van der Waals surface area contributed by atoms with Crippen molar-refractivity contribution in [3.63, 3.8) is 0 Å². The molecule has 0 amide bonds. The Morgan fingerprint density at radius 3 is 2.24 bits per heavy atom. The van der Waals surface area contributed by atoms with E-state index in [-0.39, 0.29) is 6.61 Å². The van der Waals surface area contributed by atoms with Crippen LogP contribution in [0.2, 0.25) is 0 Å². The molecule has 2 aromatic rings. The monoisotopic (exact) mass is 296 g/mol. The number of benzene rings is 2. The Bertz CT molecular complexity index is 615. The molecule has 0 aliphatic carbocycles. The van der Waals surface area contributed by atoms with Gasteiger partial charge in [-0.3, -0.25) is 0 Å². The molecule has 0 unspecified atom stereocenters. The van der Waals surface area contributed by atoms with Crippen LogP contribution < -0.4 is 0 Å². The van der Waals surface area contributed by atoms with Crippen LogP contribution in [0, 0.1) is 11.8 Å². The fourth-order valence-electron chi connectivity index (χ4n) is 1.94. The van der Waals surface area contributed by atoms with Crippen molar-refractivity contribution in [1.82, 2.24) is 0 Å². The highest BCUT2D eigenvalue weighted by atomic mass is 32.2. The van der Waals surface area contributed by atoms with Gasteiger partial charge < -0.3 is 5.11 Å². The molecule has 2 heteroatoms. The lowest BCUT2D eigenvalue weighted by Crippen LogP contribution is -1.86. The van der Waals surface area contributed by atoms with E-state index in [0.717, 1.165) is 11.3 Å². The normalized spacial score (nSPS) is 10.3. The van der Waals surface area contributed by atoms with Gasteiger partial charge in [0.25, 0.3) is 0 Å². The van der Waals surface area contributed by atoms with Gasteiger partial charge in [0.15, 0.2) is 0 Å². The van der Waals surface area contributed by atoms with Crippen LogP contribution in [0.15, 0.2) is 53.4 Å². The minimum atomic E-state index is -0.0933. The summed E-state index contributed by atoms with van der Waals surface area (Å²) in [4.78, 5) is 1.29. The van der Waals surface area contributed by atoms with Crippen LogP contribution in [-0.4, -0.2) is 11.7 Å². The molecule has 0 spiro atoms. The summed E-state index contributed by atoms with van der Waals surface area (Å²) in [6.45, 7) is 4.33. The second-order valence-corrected chi connectivity index (χ2v) is 6.22. The number of thioether (sulfide) groups is 1. The summed E-state index contributed by atoms with van der Waals surface area (Å²) < 4.78 is 0. The molecular weight excluding hydrogens is 276 g/mol. The number of aliphatic hydroxyl groups excluding tert-OH is 1. The first-order chi connectivity index (χ1) is 10.2. The first-order valence-corrected chi connectivity index (χ1v) is 8.09. The van der Waals surface area contributed by atoms with Crippen molar-refractivity contribution in [3.8, 4) is 11.8 Å². The molecule has 0 heterocycles. The Balaban J connectivity index is 1.93. The quantitative estimate of drug-likeness (QED) is 0.664. The van der Waals surface area contributed by atoms with E-state index in [1.165, 1.54) is 16.0 Å². The third-order valence-electron chi connectivity index (χ3n) is 3.22. The molecule has 0 saturated heterocycles. The average Bonchev–Trinajstić information content (AvgIpc) is 2.52. The molecule has 1 nitrogen and oxygen atoms in total. The van der Waals surface area contributed by atoms with E-state index in [4.69, 9.17) is 5.11 Å². The highest BCUT2D eigenvalue weighted by Crippen LogP contribution is 2.25. The summed E-state index contributed by atoms with van der Waals surface area (Å²) in [6.07, 6.45) is 0. The van der Waals surface area contributed by atoms with Gasteiger partial charge in [-0.25, -0.2) is 0 Å². The zero-order chi connectivity index (χ0) is 15.1. The van der Waals surface area contributed by atoms with Crippen LogP contribution in [0.1, 0.15) is 36.5 Å². The standard InChI is InChI=1S/C19H20OS/c1-15(2)18-9-11-19(12-10-18)21-14-17-7-5-16(6-8-17)4-3-13-20/h5-12,15,20H,13-14H2,1-2H3. The van der Waals surface area contributed by atoms with Gasteiger partial charge in [-0.1, -0.05) is 50.0 Å². The molecule has 108 valence electrons. The highest BCUT2D eigenvalue weighted by molar-refractivity contribution is 7.98. The number of hydrogen-bond acceptors (Lipinski definition) is 2. The molecule has 2 aromatic carbocycles. The maximum absolute atomic E-state index is 8.67.